The lowest BCUT2D eigenvalue weighted by Gasteiger charge is -2.35. The van der Waals surface area contributed by atoms with Gasteiger partial charge in [0, 0.05) is 36.9 Å². The summed E-state index contributed by atoms with van der Waals surface area (Å²) in [5, 5.41) is 2.99. The Kier molecular flexibility index (Phi) is 5.00. The van der Waals surface area contributed by atoms with E-state index in [0.717, 1.165) is 25.2 Å². The van der Waals surface area contributed by atoms with Crippen LogP contribution < -0.4 is 5.32 Å². The number of aliphatic imine (C=N–C) groups is 3. The van der Waals surface area contributed by atoms with E-state index in [1.165, 1.54) is 12.8 Å². The summed E-state index contributed by atoms with van der Waals surface area (Å²) in [6, 6.07) is -0.130. The van der Waals surface area contributed by atoms with Crippen LogP contribution in [0.5, 0.6) is 0 Å². The first-order valence-electron chi connectivity index (χ1n) is 8.34. The number of hydrogen-bond donors (Lipinski definition) is 1. The van der Waals surface area contributed by atoms with Gasteiger partial charge in [-0.25, -0.2) is 0 Å². The number of unbranched alkanes of at least 4 members (excludes halogenated alkanes) is 3. The Morgan fingerprint density at radius 3 is 3.13 bits per heavy atom. The zero-order valence-corrected chi connectivity index (χ0v) is 13.5. The van der Waals surface area contributed by atoms with Crippen LogP contribution in [0.4, 0.5) is 0 Å². The molecule has 0 saturated heterocycles. The molecular formula is C17H23N5O. The van der Waals surface area contributed by atoms with E-state index < -0.39 is 0 Å². The summed E-state index contributed by atoms with van der Waals surface area (Å²) in [6.45, 7) is 3.32. The summed E-state index contributed by atoms with van der Waals surface area (Å²) in [5.41, 5.74) is 0.708. The molecule has 23 heavy (non-hydrogen) atoms. The Morgan fingerprint density at radius 2 is 2.26 bits per heavy atom. The minimum absolute atomic E-state index is 0.0163. The van der Waals surface area contributed by atoms with Gasteiger partial charge >= 0.3 is 0 Å². The molecule has 0 bridgehead atoms. The number of rotatable bonds is 6. The number of hydrogen-bond acceptors (Lipinski definition) is 5. The fourth-order valence-corrected chi connectivity index (χ4v) is 2.88. The number of amidine groups is 1. The SMILES string of the molecule is CCCCCCNC(=O)C1=CC2N=CC3C=NC=CN3C2=NC1. The van der Waals surface area contributed by atoms with Crippen LogP contribution in [-0.4, -0.2) is 54.2 Å². The first-order chi connectivity index (χ1) is 11.3. The van der Waals surface area contributed by atoms with E-state index >= 15 is 0 Å². The van der Waals surface area contributed by atoms with Gasteiger partial charge in [-0.3, -0.25) is 19.8 Å². The van der Waals surface area contributed by atoms with E-state index in [1.807, 2.05) is 24.7 Å². The maximum Gasteiger partial charge on any atom is 0.248 e. The van der Waals surface area contributed by atoms with Gasteiger partial charge in [-0.05, 0) is 12.5 Å². The highest BCUT2D eigenvalue weighted by atomic mass is 16.1. The minimum Gasteiger partial charge on any atom is -0.352 e. The van der Waals surface area contributed by atoms with Gasteiger partial charge in [0.05, 0.1) is 6.54 Å². The van der Waals surface area contributed by atoms with E-state index in [2.05, 4.69) is 32.1 Å². The molecule has 0 fully saturated rings. The average molecular weight is 313 g/mol. The largest absolute Gasteiger partial charge is 0.352 e. The summed E-state index contributed by atoms with van der Waals surface area (Å²) in [7, 11) is 0. The Labute approximate surface area is 136 Å². The zero-order chi connectivity index (χ0) is 16.1. The summed E-state index contributed by atoms with van der Waals surface area (Å²) < 4.78 is 0. The molecule has 1 N–H and O–H groups in total. The number of amides is 1. The lowest BCUT2D eigenvalue weighted by molar-refractivity contribution is -0.117. The van der Waals surface area contributed by atoms with Gasteiger partial charge in [0.1, 0.15) is 17.9 Å². The van der Waals surface area contributed by atoms with Crippen molar-refractivity contribution in [1.29, 1.82) is 0 Å². The van der Waals surface area contributed by atoms with Crippen molar-refractivity contribution in [2.45, 2.75) is 44.7 Å². The Balaban J connectivity index is 1.58. The molecule has 2 unspecified atom stereocenters. The summed E-state index contributed by atoms with van der Waals surface area (Å²) in [5.74, 6) is 0.872. The van der Waals surface area contributed by atoms with Crippen molar-refractivity contribution in [3.63, 3.8) is 0 Å². The van der Waals surface area contributed by atoms with E-state index in [4.69, 9.17) is 0 Å². The van der Waals surface area contributed by atoms with E-state index in [9.17, 15) is 4.79 Å². The number of nitrogens with zero attached hydrogens (tertiary/aromatic N) is 4. The van der Waals surface area contributed by atoms with Crippen LogP contribution in [0.25, 0.3) is 0 Å². The molecule has 0 spiro atoms. The maximum absolute atomic E-state index is 12.2. The first-order valence-corrected chi connectivity index (χ1v) is 8.34. The third kappa shape index (κ3) is 3.57. The molecule has 0 aromatic carbocycles. The molecule has 0 saturated carbocycles. The topological polar surface area (TPSA) is 69.4 Å². The molecule has 0 radical (unpaired) electrons. The molecule has 3 heterocycles. The van der Waals surface area contributed by atoms with Crippen LogP contribution >= 0.6 is 0 Å². The predicted molar refractivity (Wildman–Crippen MR) is 93.1 cm³/mol. The second kappa shape index (κ2) is 7.35. The van der Waals surface area contributed by atoms with Crippen molar-refractivity contribution in [2.24, 2.45) is 15.0 Å². The first kappa shape index (κ1) is 15.6. The number of dihydropyridines is 1. The van der Waals surface area contributed by atoms with Gasteiger partial charge < -0.3 is 10.2 Å². The van der Waals surface area contributed by atoms with E-state index in [1.54, 1.807) is 6.20 Å². The highest BCUT2D eigenvalue weighted by Crippen LogP contribution is 2.20. The van der Waals surface area contributed by atoms with Crippen LogP contribution in [0.1, 0.15) is 32.6 Å². The molecule has 0 aliphatic carbocycles. The Morgan fingerprint density at radius 1 is 1.35 bits per heavy atom. The van der Waals surface area contributed by atoms with Gasteiger partial charge in [-0.2, -0.15) is 0 Å². The number of fused-ring (bicyclic) bond motifs is 3. The minimum atomic E-state index is -0.169. The monoisotopic (exact) mass is 313 g/mol. The maximum atomic E-state index is 12.2. The molecule has 1 amide bonds. The lowest BCUT2D eigenvalue weighted by atomic mass is 10.0. The molecule has 6 nitrogen and oxygen atoms in total. The third-order valence-electron chi connectivity index (χ3n) is 4.18. The number of nitrogens with one attached hydrogen (secondary N) is 1. The molecule has 6 heteroatoms. The molecule has 3 aliphatic heterocycles. The van der Waals surface area contributed by atoms with Gasteiger partial charge in [-0.15, -0.1) is 0 Å². The van der Waals surface area contributed by atoms with Crippen molar-refractivity contribution in [3.8, 4) is 0 Å². The van der Waals surface area contributed by atoms with Crippen LogP contribution in [0.3, 0.4) is 0 Å². The van der Waals surface area contributed by atoms with Gasteiger partial charge in [0.25, 0.3) is 0 Å². The predicted octanol–water partition coefficient (Wildman–Crippen LogP) is 1.70. The number of carbonyl (C=O) groups is 1. The molecule has 0 aromatic rings. The van der Waals surface area contributed by atoms with E-state index in [0.29, 0.717) is 12.1 Å². The highest BCUT2D eigenvalue weighted by Gasteiger charge is 2.31. The zero-order valence-electron chi connectivity index (χ0n) is 13.5. The molecular weight excluding hydrogens is 290 g/mol. The van der Waals surface area contributed by atoms with E-state index in [-0.39, 0.29) is 18.0 Å². The van der Waals surface area contributed by atoms with Gasteiger partial charge in [0.2, 0.25) is 5.91 Å². The number of carbonyl (C=O) groups excluding carboxylic acids is 1. The van der Waals surface area contributed by atoms with Crippen LogP contribution in [-0.2, 0) is 4.79 Å². The molecule has 122 valence electrons. The molecule has 3 aliphatic rings. The van der Waals surface area contributed by atoms with Crippen molar-refractivity contribution in [1.82, 2.24) is 10.2 Å². The fraction of sp³-hybridized carbons (Fsp3) is 0.529. The second-order valence-electron chi connectivity index (χ2n) is 5.92. The fourth-order valence-electron chi connectivity index (χ4n) is 2.88. The van der Waals surface area contributed by atoms with Crippen molar-refractivity contribution in [3.05, 3.63) is 24.0 Å². The summed E-state index contributed by atoms with van der Waals surface area (Å²) in [6.07, 6.45) is 13.9. The molecule has 0 aromatic heterocycles. The summed E-state index contributed by atoms with van der Waals surface area (Å²) >= 11 is 0. The molecule has 3 rings (SSSR count). The molecule has 2 atom stereocenters. The Bertz CT molecular complexity index is 602. The van der Waals surface area contributed by atoms with Crippen LogP contribution in [0, 0.1) is 0 Å². The van der Waals surface area contributed by atoms with Gasteiger partial charge in [0.15, 0.2) is 0 Å². The second-order valence-corrected chi connectivity index (χ2v) is 5.92. The van der Waals surface area contributed by atoms with Gasteiger partial charge in [-0.1, -0.05) is 26.2 Å². The standard InChI is InChI=1S/C17H23N5O/c1-2-3-4-5-6-19-17(23)13-9-15-16(21-10-13)22-8-7-18-11-14(22)12-20-15/h7-9,11-12,14-15H,2-6,10H2,1H3,(H,19,23). The van der Waals surface area contributed by atoms with Crippen molar-refractivity contribution >= 4 is 24.2 Å². The van der Waals surface area contributed by atoms with Crippen LogP contribution in [0.2, 0.25) is 0 Å². The smallest absolute Gasteiger partial charge is 0.248 e. The van der Waals surface area contributed by atoms with Crippen molar-refractivity contribution in [2.75, 3.05) is 13.1 Å². The lowest BCUT2D eigenvalue weighted by Crippen LogP contribution is -2.49. The highest BCUT2D eigenvalue weighted by molar-refractivity contribution is 6.05. The third-order valence-corrected chi connectivity index (χ3v) is 4.18. The van der Waals surface area contributed by atoms with Crippen LogP contribution in [0.15, 0.2) is 39.0 Å². The quantitative estimate of drug-likeness (QED) is 0.758. The van der Waals surface area contributed by atoms with Crippen molar-refractivity contribution < 1.29 is 4.79 Å². The Hall–Kier alpha value is -2.24. The average Bonchev–Trinajstić information content (AvgIpc) is 2.60. The summed E-state index contributed by atoms with van der Waals surface area (Å²) in [4.78, 5) is 27.5. The normalized spacial score (nSPS) is 24.7.